The summed E-state index contributed by atoms with van der Waals surface area (Å²) in [6.07, 6.45) is 6.41. The highest BCUT2D eigenvalue weighted by Gasteiger charge is 2.24. The fourth-order valence-electron chi connectivity index (χ4n) is 3.73. The zero-order valence-corrected chi connectivity index (χ0v) is 18.1. The zero-order chi connectivity index (χ0) is 23.6. The molecule has 4 aromatic heterocycles. The smallest absolute Gasteiger partial charge is 0.281 e. The quantitative estimate of drug-likeness (QED) is 0.365. The van der Waals surface area contributed by atoms with E-state index in [-0.39, 0.29) is 11.6 Å². The molecule has 170 valence electrons. The third-order valence-corrected chi connectivity index (χ3v) is 5.33. The van der Waals surface area contributed by atoms with Crippen LogP contribution in [0.5, 0.6) is 0 Å². The Labute approximate surface area is 197 Å². The topological polar surface area (TPSA) is 113 Å². The second-order valence-electron chi connectivity index (χ2n) is 7.60. The average Bonchev–Trinajstić information content (AvgIpc) is 3.66. The molecule has 0 aliphatic carbocycles. The van der Waals surface area contributed by atoms with E-state index < -0.39 is 5.82 Å². The largest absolute Gasteiger partial charge is 0.332 e. The first-order valence-electron chi connectivity index (χ1n) is 10.6. The van der Waals surface area contributed by atoms with Crippen molar-refractivity contribution in [2.24, 2.45) is 0 Å². The highest BCUT2D eigenvalue weighted by Crippen LogP contribution is 2.32. The van der Waals surface area contributed by atoms with Crippen molar-refractivity contribution >= 4 is 0 Å². The Hall–Kier alpha value is -5.06. The Morgan fingerprint density at radius 3 is 2.63 bits per heavy atom. The van der Waals surface area contributed by atoms with E-state index in [1.807, 2.05) is 24.3 Å². The van der Waals surface area contributed by atoms with Gasteiger partial charge < -0.3 is 4.52 Å². The van der Waals surface area contributed by atoms with Crippen molar-refractivity contribution in [2.75, 3.05) is 0 Å². The van der Waals surface area contributed by atoms with Crippen molar-refractivity contribution < 1.29 is 8.91 Å². The third-order valence-electron chi connectivity index (χ3n) is 5.33. The van der Waals surface area contributed by atoms with Crippen molar-refractivity contribution in [2.45, 2.75) is 6.54 Å². The van der Waals surface area contributed by atoms with E-state index in [0.717, 1.165) is 16.7 Å². The number of halogens is 1. The van der Waals surface area contributed by atoms with Gasteiger partial charge in [0.1, 0.15) is 29.9 Å². The van der Waals surface area contributed by atoms with Crippen LogP contribution in [0.3, 0.4) is 0 Å². The maximum Gasteiger partial charge on any atom is 0.281 e. The molecule has 11 heteroatoms. The normalized spacial score (nSPS) is 11.1. The first-order valence-corrected chi connectivity index (χ1v) is 10.6. The third kappa shape index (κ3) is 3.95. The minimum Gasteiger partial charge on any atom is -0.332 e. The van der Waals surface area contributed by atoms with Gasteiger partial charge >= 0.3 is 0 Å². The molecule has 0 amide bonds. The molecule has 0 saturated heterocycles. The lowest BCUT2D eigenvalue weighted by molar-refractivity contribution is 0.431. The maximum absolute atomic E-state index is 14.6. The van der Waals surface area contributed by atoms with Gasteiger partial charge in [-0.25, -0.2) is 18.7 Å². The van der Waals surface area contributed by atoms with E-state index in [1.165, 1.54) is 17.1 Å². The van der Waals surface area contributed by atoms with Gasteiger partial charge in [-0.15, -0.1) is 5.10 Å². The van der Waals surface area contributed by atoms with Gasteiger partial charge in [0.15, 0.2) is 5.69 Å². The first kappa shape index (κ1) is 20.5. The molecule has 0 unspecified atom stereocenters. The molecule has 10 nitrogen and oxygen atoms in total. The minimum atomic E-state index is -0.435. The molecule has 0 radical (unpaired) electrons. The molecule has 0 fully saturated rings. The van der Waals surface area contributed by atoms with Crippen LogP contribution in [0.4, 0.5) is 4.39 Å². The molecule has 2 aromatic carbocycles. The van der Waals surface area contributed by atoms with Crippen LogP contribution < -0.4 is 0 Å². The predicted molar refractivity (Wildman–Crippen MR) is 122 cm³/mol. The van der Waals surface area contributed by atoms with Gasteiger partial charge in [-0.05, 0) is 35.9 Å². The minimum absolute atomic E-state index is 0.163. The van der Waals surface area contributed by atoms with Gasteiger partial charge in [0, 0.05) is 23.5 Å². The van der Waals surface area contributed by atoms with Crippen LogP contribution in [-0.4, -0.2) is 44.9 Å². The summed E-state index contributed by atoms with van der Waals surface area (Å²) < 4.78 is 23.3. The van der Waals surface area contributed by atoms with Crippen LogP contribution in [0.15, 0.2) is 90.2 Å². The van der Waals surface area contributed by atoms with Crippen molar-refractivity contribution in [1.82, 2.24) is 44.9 Å². The van der Waals surface area contributed by atoms with E-state index in [0.29, 0.717) is 23.8 Å². The predicted octanol–water partition coefficient (Wildman–Crippen LogP) is 3.83. The molecular formula is C24H16FN9O. The first-order chi connectivity index (χ1) is 17.3. The van der Waals surface area contributed by atoms with Gasteiger partial charge in [0.25, 0.3) is 5.89 Å². The Kier molecular flexibility index (Phi) is 5.11. The van der Waals surface area contributed by atoms with Crippen molar-refractivity contribution in [3.05, 3.63) is 97.1 Å². The van der Waals surface area contributed by atoms with E-state index >= 15 is 0 Å². The molecule has 0 saturated carbocycles. The monoisotopic (exact) mass is 465 g/mol. The van der Waals surface area contributed by atoms with E-state index in [1.54, 1.807) is 53.7 Å². The Bertz CT molecular complexity index is 1590. The summed E-state index contributed by atoms with van der Waals surface area (Å²) in [7, 11) is 0. The lowest BCUT2D eigenvalue weighted by atomic mass is 10.1. The molecule has 6 aromatic rings. The Morgan fingerprint density at radius 2 is 1.80 bits per heavy atom. The molecule has 0 N–H and O–H groups in total. The second kappa shape index (κ2) is 8.71. The Morgan fingerprint density at radius 1 is 0.914 bits per heavy atom. The molecule has 0 atom stereocenters. The fraction of sp³-hybridized carbons (Fsp3) is 0.0417. The zero-order valence-electron chi connectivity index (χ0n) is 18.1. The molecule has 0 aliphatic heterocycles. The summed E-state index contributed by atoms with van der Waals surface area (Å²) >= 11 is 0. The Balaban J connectivity index is 1.41. The van der Waals surface area contributed by atoms with Crippen molar-refractivity contribution in [3.63, 3.8) is 0 Å². The number of aromatic nitrogens is 9. The number of para-hydroxylation sites is 1. The standard InChI is InChI=1S/C24H16FN9O/c25-19-6-1-2-7-20(19)34-22(17-8-10-26-11-9-17)21(30-32-34)24-29-23(31-35-24)18-5-3-4-16(12-18)13-33-15-27-14-28-33/h1-12,14-15H,13H2. The number of hydrogen-bond donors (Lipinski definition) is 0. The molecule has 35 heavy (non-hydrogen) atoms. The molecule has 6 rings (SSSR count). The highest BCUT2D eigenvalue weighted by atomic mass is 19.1. The van der Waals surface area contributed by atoms with E-state index in [2.05, 4.69) is 35.5 Å². The fourth-order valence-corrected chi connectivity index (χ4v) is 3.73. The number of benzene rings is 2. The van der Waals surface area contributed by atoms with Gasteiger partial charge in [-0.2, -0.15) is 10.1 Å². The lowest BCUT2D eigenvalue weighted by Gasteiger charge is -2.08. The van der Waals surface area contributed by atoms with E-state index in [4.69, 9.17) is 4.52 Å². The number of nitrogens with zero attached hydrogens (tertiary/aromatic N) is 9. The van der Waals surface area contributed by atoms with Crippen LogP contribution in [0.2, 0.25) is 0 Å². The molecule has 4 heterocycles. The highest BCUT2D eigenvalue weighted by molar-refractivity contribution is 5.76. The molecule has 0 aliphatic rings. The number of pyridine rings is 1. The van der Waals surface area contributed by atoms with Crippen LogP contribution in [0.1, 0.15) is 5.56 Å². The number of rotatable bonds is 6. The average molecular weight is 465 g/mol. The summed E-state index contributed by atoms with van der Waals surface area (Å²) in [6.45, 7) is 0.557. The summed E-state index contributed by atoms with van der Waals surface area (Å²) in [6, 6.07) is 17.6. The maximum atomic E-state index is 14.6. The van der Waals surface area contributed by atoms with E-state index in [9.17, 15) is 4.39 Å². The molecular weight excluding hydrogens is 449 g/mol. The van der Waals surface area contributed by atoms with Gasteiger partial charge in [-0.3, -0.25) is 4.98 Å². The summed E-state index contributed by atoms with van der Waals surface area (Å²) in [5.74, 6) is 0.118. The SMILES string of the molecule is Fc1ccccc1-n1nnc(-c2nc(-c3cccc(Cn4cncn4)c3)no2)c1-c1ccncc1. The van der Waals surface area contributed by atoms with Crippen molar-refractivity contribution in [3.8, 4) is 39.9 Å². The van der Waals surface area contributed by atoms with Crippen LogP contribution >= 0.6 is 0 Å². The lowest BCUT2D eigenvalue weighted by Crippen LogP contribution is -2.02. The summed E-state index contributed by atoms with van der Waals surface area (Å²) in [5.41, 5.74) is 3.58. The van der Waals surface area contributed by atoms with Gasteiger partial charge in [-0.1, -0.05) is 40.7 Å². The molecule has 0 spiro atoms. The summed E-state index contributed by atoms with van der Waals surface area (Å²) in [4.78, 5) is 12.6. The summed E-state index contributed by atoms with van der Waals surface area (Å²) in [5, 5.41) is 16.8. The van der Waals surface area contributed by atoms with Crippen LogP contribution in [-0.2, 0) is 6.54 Å². The second-order valence-corrected chi connectivity index (χ2v) is 7.60. The molecule has 0 bridgehead atoms. The van der Waals surface area contributed by atoms with Crippen LogP contribution in [0, 0.1) is 5.82 Å². The van der Waals surface area contributed by atoms with Crippen LogP contribution in [0.25, 0.3) is 39.9 Å². The van der Waals surface area contributed by atoms with Crippen molar-refractivity contribution in [1.29, 1.82) is 0 Å². The number of hydrogen-bond acceptors (Lipinski definition) is 8. The van der Waals surface area contributed by atoms with Gasteiger partial charge in [0.05, 0.1) is 6.54 Å². The van der Waals surface area contributed by atoms with Gasteiger partial charge in [0.2, 0.25) is 5.82 Å².